The van der Waals surface area contributed by atoms with Gasteiger partial charge in [-0.1, -0.05) is 22.9 Å². The molecule has 20 heavy (non-hydrogen) atoms. The molecule has 0 amide bonds. The summed E-state index contributed by atoms with van der Waals surface area (Å²) in [5.74, 6) is 0.701. The fourth-order valence-corrected chi connectivity index (χ4v) is 5.63. The third-order valence-corrected chi connectivity index (χ3v) is 7.06. The van der Waals surface area contributed by atoms with E-state index < -0.39 is 10.0 Å². The quantitative estimate of drug-likeness (QED) is 0.745. The molecule has 1 heterocycles. The number of alkyl halides is 1. The molecule has 1 aliphatic heterocycles. The summed E-state index contributed by atoms with van der Waals surface area (Å²) in [5, 5.41) is 0. The highest BCUT2D eigenvalue weighted by Gasteiger charge is 2.37. The monoisotopic (exact) mass is 379 g/mol. The zero-order valence-electron chi connectivity index (χ0n) is 11.9. The third kappa shape index (κ3) is 2.91. The van der Waals surface area contributed by atoms with Gasteiger partial charge in [-0.15, -0.1) is 11.6 Å². The summed E-state index contributed by atoms with van der Waals surface area (Å²) in [6.45, 7) is 6.46. The number of hydrogen-bond donors (Lipinski definition) is 0. The number of benzene rings is 1. The Morgan fingerprint density at radius 2 is 2.05 bits per heavy atom. The van der Waals surface area contributed by atoms with Gasteiger partial charge < -0.3 is 0 Å². The van der Waals surface area contributed by atoms with E-state index in [-0.39, 0.29) is 6.04 Å². The first-order chi connectivity index (χ1) is 9.27. The van der Waals surface area contributed by atoms with E-state index in [1.54, 1.807) is 10.4 Å². The van der Waals surface area contributed by atoms with Gasteiger partial charge in [-0.2, -0.15) is 4.31 Å². The van der Waals surface area contributed by atoms with Crippen LogP contribution in [0, 0.1) is 12.8 Å². The average molecular weight is 381 g/mol. The molecule has 0 spiro atoms. The Balaban J connectivity index is 2.52. The minimum Gasteiger partial charge on any atom is -0.207 e. The molecule has 2 atom stereocenters. The molecule has 3 nitrogen and oxygen atoms in total. The first-order valence-electron chi connectivity index (χ1n) is 6.64. The van der Waals surface area contributed by atoms with E-state index in [1.165, 1.54) is 0 Å². The van der Waals surface area contributed by atoms with E-state index in [4.69, 9.17) is 11.6 Å². The summed E-state index contributed by atoms with van der Waals surface area (Å²) in [6.07, 6.45) is 0.911. The second-order valence-electron chi connectivity index (χ2n) is 5.60. The lowest BCUT2D eigenvalue weighted by atomic mass is 10.1. The second-order valence-corrected chi connectivity index (χ2v) is 8.58. The second kappa shape index (κ2) is 5.95. The van der Waals surface area contributed by atoms with Crippen LogP contribution in [0.3, 0.4) is 0 Å². The Morgan fingerprint density at radius 1 is 1.40 bits per heavy atom. The van der Waals surface area contributed by atoms with Gasteiger partial charge in [0.15, 0.2) is 0 Å². The van der Waals surface area contributed by atoms with Crippen LogP contribution in [-0.4, -0.2) is 25.3 Å². The van der Waals surface area contributed by atoms with Crippen molar-refractivity contribution in [2.24, 2.45) is 5.92 Å². The zero-order chi connectivity index (χ0) is 15.1. The van der Waals surface area contributed by atoms with Gasteiger partial charge in [-0.05, 0) is 49.4 Å². The maximum atomic E-state index is 12.9. The lowest BCUT2D eigenvalue weighted by Gasteiger charge is -2.23. The summed E-state index contributed by atoms with van der Waals surface area (Å²) in [7, 11) is -3.46. The number of hydrogen-bond acceptors (Lipinski definition) is 2. The van der Waals surface area contributed by atoms with Crippen molar-refractivity contribution in [1.29, 1.82) is 0 Å². The molecule has 1 aliphatic rings. The van der Waals surface area contributed by atoms with Crippen molar-refractivity contribution < 1.29 is 8.42 Å². The topological polar surface area (TPSA) is 37.4 Å². The molecule has 0 aromatic heterocycles. The van der Waals surface area contributed by atoms with Crippen LogP contribution in [0.25, 0.3) is 0 Å². The van der Waals surface area contributed by atoms with Gasteiger partial charge in [0.1, 0.15) is 0 Å². The lowest BCUT2D eigenvalue weighted by molar-refractivity contribution is 0.405. The molecular formula is C14H19BrClNO2S. The minimum absolute atomic E-state index is 0.0489. The van der Waals surface area contributed by atoms with Crippen LogP contribution in [0.4, 0.5) is 0 Å². The van der Waals surface area contributed by atoms with Crippen molar-refractivity contribution in [2.75, 3.05) is 6.54 Å². The number of halogens is 2. The van der Waals surface area contributed by atoms with Crippen molar-refractivity contribution in [3.8, 4) is 0 Å². The van der Waals surface area contributed by atoms with Crippen molar-refractivity contribution in [2.45, 2.75) is 44.0 Å². The van der Waals surface area contributed by atoms with E-state index in [1.807, 2.05) is 19.9 Å². The van der Waals surface area contributed by atoms with Gasteiger partial charge in [0.05, 0.1) is 4.90 Å². The van der Waals surface area contributed by atoms with Crippen LogP contribution >= 0.6 is 27.5 Å². The Hall–Kier alpha value is -0.100. The first-order valence-corrected chi connectivity index (χ1v) is 9.41. The summed E-state index contributed by atoms with van der Waals surface area (Å²) < 4.78 is 28.2. The fraction of sp³-hybridized carbons (Fsp3) is 0.571. The molecule has 6 heteroatoms. The molecule has 0 radical (unpaired) electrons. The van der Waals surface area contributed by atoms with Crippen molar-refractivity contribution in [1.82, 2.24) is 4.31 Å². The molecule has 1 fully saturated rings. The molecule has 0 saturated carbocycles. The highest BCUT2D eigenvalue weighted by molar-refractivity contribution is 9.10. The number of sulfonamides is 1. The van der Waals surface area contributed by atoms with Gasteiger partial charge in [0, 0.05) is 22.9 Å². The molecule has 2 unspecified atom stereocenters. The summed E-state index contributed by atoms with van der Waals surface area (Å²) >= 11 is 9.28. The Kier molecular flexibility index (Phi) is 4.84. The molecule has 112 valence electrons. The Labute approximate surface area is 134 Å². The van der Waals surface area contributed by atoms with Crippen LogP contribution < -0.4 is 0 Å². The van der Waals surface area contributed by atoms with Crippen LogP contribution in [-0.2, 0) is 15.9 Å². The van der Waals surface area contributed by atoms with Gasteiger partial charge in [0.2, 0.25) is 10.0 Å². The molecule has 1 aromatic rings. The van der Waals surface area contributed by atoms with E-state index in [9.17, 15) is 8.42 Å². The maximum absolute atomic E-state index is 12.9. The highest BCUT2D eigenvalue weighted by Crippen LogP contribution is 2.33. The first kappa shape index (κ1) is 16.3. The SMILES string of the molecule is Cc1c(Br)cc(CCl)cc1S(=O)(=O)N1CC(C)CC1C. The lowest BCUT2D eigenvalue weighted by Crippen LogP contribution is -2.34. The minimum atomic E-state index is -3.46. The summed E-state index contributed by atoms with van der Waals surface area (Å²) in [4.78, 5) is 0.364. The predicted octanol–water partition coefficient (Wildman–Crippen LogP) is 3.92. The Bertz CT molecular complexity index is 618. The summed E-state index contributed by atoms with van der Waals surface area (Å²) in [5.41, 5.74) is 1.55. The molecule has 2 rings (SSSR count). The molecule has 1 aromatic carbocycles. The van der Waals surface area contributed by atoms with E-state index in [0.29, 0.717) is 23.2 Å². The Morgan fingerprint density at radius 3 is 2.55 bits per heavy atom. The molecule has 0 N–H and O–H groups in total. The van der Waals surface area contributed by atoms with Crippen LogP contribution in [0.1, 0.15) is 31.4 Å². The third-order valence-electron chi connectivity index (χ3n) is 3.82. The average Bonchev–Trinajstić information content (AvgIpc) is 2.72. The van der Waals surface area contributed by atoms with Crippen LogP contribution in [0.5, 0.6) is 0 Å². The molecule has 1 saturated heterocycles. The van der Waals surface area contributed by atoms with Crippen LogP contribution in [0.2, 0.25) is 0 Å². The number of nitrogens with zero attached hydrogens (tertiary/aromatic N) is 1. The van der Waals surface area contributed by atoms with E-state index in [2.05, 4.69) is 22.9 Å². The smallest absolute Gasteiger partial charge is 0.207 e. The van der Waals surface area contributed by atoms with Gasteiger partial charge in [-0.3, -0.25) is 0 Å². The van der Waals surface area contributed by atoms with E-state index in [0.717, 1.165) is 22.0 Å². The largest absolute Gasteiger partial charge is 0.243 e. The van der Waals surface area contributed by atoms with Gasteiger partial charge >= 0.3 is 0 Å². The maximum Gasteiger partial charge on any atom is 0.243 e. The molecule has 0 bridgehead atoms. The summed E-state index contributed by atoms with van der Waals surface area (Å²) in [6, 6.07) is 3.61. The molecular weight excluding hydrogens is 362 g/mol. The highest BCUT2D eigenvalue weighted by atomic mass is 79.9. The fourth-order valence-electron chi connectivity index (χ4n) is 2.77. The van der Waals surface area contributed by atoms with Gasteiger partial charge in [0.25, 0.3) is 0 Å². The molecule has 0 aliphatic carbocycles. The van der Waals surface area contributed by atoms with Crippen LogP contribution in [0.15, 0.2) is 21.5 Å². The standard InChI is InChI=1S/C14H19BrClNO2S/c1-9-4-10(2)17(8-9)20(18,19)14-6-12(7-16)5-13(15)11(14)3/h5-6,9-10H,4,7-8H2,1-3H3. The van der Waals surface area contributed by atoms with Crippen molar-refractivity contribution in [3.05, 3.63) is 27.7 Å². The zero-order valence-corrected chi connectivity index (χ0v) is 15.0. The van der Waals surface area contributed by atoms with Crippen molar-refractivity contribution in [3.63, 3.8) is 0 Å². The van der Waals surface area contributed by atoms with Gasteiger partial charge in [-0.25, -0.2) is 8.42 Å². The normalized spacial score (nSPS) is 24.2. The number of rotatable bonds is 3. The predicted molar refractivity (Wildman–Crippen MR) is 85.6 cm³/mol. The van der Waals surface area contributed by atoms with E-state index >= 15 is 0 Å². The van der Waals surface area contributed by atoms with Crippen molar-refractivity contribution >= 4 is 37.6 Å².